The molecule has 15 heavy (non-hydrogen) atoms. The van der Waals surface area contributed by atoms with E-state index in [1.165, 1.54) is 13.2 Å². The number of likely N-dealkylation sites (N-methyl/N-ethyl adjacent to an activating group) is 1. The van der Waals surface area contributed by atoms with Gasteiger partial charge in [0.1, 0.15) is 0 Å². The molecule has 0 amide bonds. The lowest BCUT2D eigenvalue weighted by Crippen LogP contribution is -2.17. The zero-order valence-corrected chi connectivity index (χ0v) is 8.55. The highest BCUT2D eigenvalue weighted by molar-refractivity contribution is 5.32. The lowest BCUT2D eigenvalue weighted by Gasteiger charge is -2.12. The lowest BCUT2D eigenvalue weighted by atomic mass is 10.1. The molecule has 1 aromatic rings. The standard InChI is InChI=1S/C10H13F2NO2/c1-13-5-8(14)6-3-7(11)10(12)9(4-6)15-2/h3-4,8,13-14H,5H2,1-2H3. The van der Waals surface area contributed by atoms with Gasteiger partial charge in [0, 0.05) is 6.54 Å². The Morgan fingerprint density at radius 2 is 2.13 bits per heavy atom. The fourth-order valence-electron chi connectivity index (χ4n) is 1.24. The van der Waals surface area contributed by atoms with Gasteiger partial charge in [0.05, 0.1) is 13.2 Å². The molecule has 0 aliphatic heterocycles. The molecule has 0 aliphatic carbocycles. The van der Waals surface area contributed by atoms with Crippen LogP contribution in [0.25, 0.3) is 0 Å². The van der Waals surface area contributed by atoms with E-state index in [4.69, 9.17) is 0 Å². The van der Waals surface area contributed by atoms with E-state index in [2.05, 4.69) is 10.1 Å². The molecule has 3 nitrogen and oxygen atoms in total. The van der Waals surface area contributed by atoms with Crippen molar-refractivity contribution in [3.63, 3.8) is 0 Å². The highest BCUT2D eigenvalue weighted by Gasteiger charge is 2.15. The second-order valence-corrected chi connectivity index (χ2v) is 3.09. The zero-order chi connectivity index (χ0) is 11.4. The van der Waals surface area contributed by atoms with E-state index >= 15 is 0 Å². The number of ether oxygens (including phenoxy) is 1. The summed E-state index contributed by atoms with van der Waals surface area (Å²) in [5, 5.41) is 12.3. The first-order chi connectivity index (χ1) is 7.10. The van der Waals surface area contributed by atoms with Crippen LogP contribution in [0.5, 0.6) is 5.75 Å². The molecule has 1 rings (SSSR count). The monoisotopic (exact) mass is 217 g/mol. The fraction of sp³-hybridized carbons (Fsp3) is 0.400. The van der Waals surface area contributed by atoms with Crippen LogP contribution in [-0.4, -0.2) is 25.8 Å². The van der Waals surface area contributed by atoms with Gasteiger partial charge in [-0.2, -0.15) is 4.39 Å². The van der Waals surface area contributed by atoms with Crippen LogP contribution in [0.1, 0.15) is 11.7 Å². The summed E-state index contributed by atoms with van der Waals surface area (Å²) in [5.41, 5.74) is 0.278. The maximum absolute atomic E-state index is 13.0. The molecule has 0 saturated heterocycles. The van der Waals surface area contributed by atoms with Gasteiger partial charge < -0.3 is 15.2 Å². The summed E-state index contributed by atoms with van der Waals surface area (Å²) in [4.78, 5) is 0. The quantitative estimate of drug-likeness (QED) is 0.797. The number of hydrogen-bond donors (Lipinski definition) is 2. The summed E-state index contributed by atoms with van der Waals surface area (Å²) in [7, 11) is 2.90. The van der Waals surface area contributed by atoms with Crippen LogP contribution in [0.3, 0.4) is 0 Å². The molecule has 0 bridgehead atoms. The van der Waals surface area contributed by atoms with Crippen LogP contribution >= 0.6 is 0 Å². The van der Waals surface area contributed by atoms with Gasteiger partial charge in [-0.3, -0.25) is 0 Å². The highest BCUT2D eigenvalue weighted by atomic mass is 19.2. The number of aliphatic hydroxyl groups is 1. The van der Waals surface area contributed by atoms with Crippen LogP contribution < -0.4 is 10.1 Å². The third kappa shape index (κ3) is 2.64. The normalized spacial score (nSPS) is 12.6. The maximum atomic E-state index is 13.0. The Morgan fingerprint density at radius 1 is 1.47 bits per heavy atom. The van der Waals surface area contributed by atoms with Crippen molar-refractivity contribution in [1.82, 2.24) is 5.32 Å². The van der Waals surface area contributed by atoms with Crippen molar-refractivity contribution in [1.29, 1.82) is 0 Å². The second kappa shape index (κ2) is 5.04. The zero-order valence-electron chi connectivity index (χ0n) is 8.55. The van der Waals surface area contributed by atoms with E-state index in [0.717, 1.165) is 6.07 Å². The van der Waals surface area contributed by atoms with Gasteiger partial charge >= 0.3 is 0 Å². The maximum Gasteiger partial charge on any atom is 0.200 e. The molecule has 1 aromatic carbocycles. The number of rotatable bonds is 4. The lowest BCUT2D eigenvalue weighted by molar-refractivity contribution is 0.176. The van der Waals surface area contributed by atoms with Crippen LogP contribution in [0.2, 0.25) is 0 Å². The molecule has 0 aliphatic rings. The van der Waals surface area contributed by atoms with E-state index in [1.807, 2.05) is 0 Å². The van der Waals surface area contributed by atoms with Crippen molar-refractivity contribution >= 4 is 0 Å². The molecular formula is C10H13F2NO2. The average molecular weight is 217 g/mol. The van der Waals surface area contributed by atoms with E-state index in [0.29, 0.717) is 0 Å². The van der Waals surface area contributed by atoms with Gasteiger partial charge in [0.2, 0.25) is 5.82 Å². The minimum absolute atomic E-state index is 0.208. The number of methoxy groups -OCH3 is 1. The number of nitrogens with one attached hydrogen (secondary N) is 1. The fourth-order valence-corrected chi connectivity index (χ4v) is 1.24. The predicted octanol–water partition coefficient (Wildman–Crippen LogP) is 1.23. The van der Waals surface area contributed by atoms with E-state index < -0.39 is 17.7 Å². The molecule has 0 aromatic heterocycles. The summed E-state index contributed by atoms with van der Waals surface area (Å²) >= 11 is 0. The van der Waals surface area contributed by atoms with Gasteiger partial charge in [-0.15, -0.1) is 0 Å². The Balaban J connectivity index is 3.05. The van der Waals surface area contributed by atoms with Crippen LogP contribution in [-0.2, 0) is 0 Å². The van der Waals surface area contributed by atoms with Crippen LogP contribution in [0, 0.1) is 11.6 Å². The smallest absolute Gasteiger partial charge is 0.200 e. The van der Waals surface area contributed by atoms with E-state index in [1.54, 1.807) is 7.05 Å². The van der Waals surface area contributed by atoms with Gasteiger partial charge in [-0.05, 0) is 24.7 Å². The number of halogens is 2. The molecule has 1 unspecified atom stereocenters. The van der Waals surface area contributed by atoms with Crippen LogP contribution in [0.15, 0.2) is 12.1 Å². The minimum Gasteiger partial charge on any atom is -0.494 e. The van der Waals surface area contributed by atoms with Crippen molar-refractivity contribution in [3.05, 3.63) is 29.3 Å². The van der Waals surface area contributed by atoms with Gasteiger partial charge in [0.15, 0.2) is 11.6 Å². The summed E-state index contributed by atoms with van der Waals surface area (Å²) in [6.45, 7) is 0.258. The van der Waals surface area contributed by atoms with Crippen molar-refractivity contribution in [2.24, 2.45) is 0 Å². The molecule has 1 atom stereocenters. The van der Waals surface area contributed by atoms with Gasteiger partial charge in [-0.1, -0.05) is 0 Å². The number of benzene rings is 1. The molecule has 5 heteroatoms. The van der Waals surface area contributed by atoms with Gasteiger partial charge in [-0.25, -0.2) is 4.39 Å². The van der Waals surface area contributed by atoms with Crippen LogP contribution in [0.4, 0.5) is 8.78 Å². The summed E-state index contributed by atoms with van der Waals surface area (Å²) in [6.07, 6.45) is -0.890. The summed E-state index contributed by atoms with van der Waals surface area (Å²) in [6, 6.07) is 2.24. The Morgan fingerprint density at radius 3 is 2.67 bits per heavy atom. The van der Waals surface area contributed by atoms with Crippen molar-refractivity contribution in [2.45, 2.75) is 6.10 Å². The Kier molecular flexibility index (Phi) is 3.99. The van der Waals surface area contributed by atoms with E-state index in [-0.39, 0.29) is 17.9 Å². The van der Waals surface area contributed by atoms with Crippen molar-refractivity contribution in [2.75, 3.05) is 20.7 Å². The molecule has 0 radical (unpaired) electrons. The molecule has 0 spiro atoms. The minimum atomic E-state index is -1.04. The third-order valence-electron chi connectivity index (χ3n) is 2.02. The second-order valence-electron chi connectivity index (χ2n) is 3.09. The number of hydrogen-bond acceptors (Lipinski definition) is 3. The molecule has 2 N–H and O–H groups in total. The van der Waals surface area contributed by atoms with E-state index in [9.17, 15) is 13.9 Å². The first kappa shape index (κ1) is 11.9. The SMILES string of the molecule is CNCC(O)c1cc(F)c(F)c(OC)c1. The van der Waals surface area contributed by atoms with Crippen molar-refractivity contribution < 1.29 is 18.6 Å². The largest absolute Gasteiger partial charge is 0.494 e. The first-order valence-corrected chi connectivity index (χ1v) is 4.45. The average Bonchev–Trinajstić information content (AvgIpc) is 2.22. The topological polar surface area (TPSA) is 41.5 Å². The predicted molar refractivity (Wildman–Crippen MR) is 51.8 cm³/mol. The van der Waals surface area contributed by atoms with Gasteiger partial charge in [0.25, 0.3) is 0 Å². The molecular weight excluding hydrogens is 204 g/mol. The third-order valence-corrected chi connectivity index (χ3v) is 2.02. The molecule has 0 saturated carbocycles. The first-order valence-electron chi connectivity index (χ1n) is 4.45. The Hall–Kier alpha value is -1.20. The number of aliphatic hydroxyl groups excluding tert-OH is 1. The summed E-state index contributed by atoms with van der Waals surface area (Å²) < 4.78 is 30.7. The Labute approximate surface area is 86.7 Å². The summed E-state index contributed by atoms with van der Waals surface area (Å²) in [5.74, 6) is -2.28. The molecule has 0 heterocycles. The highest BCUT2D eigenvalue weighted by Crippen LogP contribution is 2.25. The van der Waals surface area contributed by atoms with Crippen molar-refractivity contribution in [3.8, 4) is 5.75 Å². The molecule has 0 fully saturated rings. The molecule has 84 valence electrons. The Bertz CT molecular complexity index is 344.